The summed E-state index contributed by atoms with van der Waals surface area (Å²) in [6.45, 7) is 5.09. The van der Waals surface area contributed by atoms with Gasteiger partial charge < -0.3 is 15.0 Å². The van der Waals surface area contributed by atoms with Crippen molar-refractivity contribution in [2.45, 2.75) is 38.0 Å². The van der Waals surface area contributed by atoms with E-state index in [1.54, 1.807) is 17.9 Å². The van der Waals surface area contributed by atoms with Gasteiger partial charge in [0.05, 0.1) is 16.3 Å². The lowest BCUT2D eigenvalue weighted by Gasteiger charge is -2.30. The zero-order chi connectivity index (χ0) is 18.9. The van der Waals surface area contributed by atoms with Crippen LogP contribution in [0.25, 0.3) is 0 Å². The molecule has 2 aliphatic heterocycles. The van der Waals surface area contributed by atoms with Gasteiger partial charge in [0.1, 0.15) is 5.75 Å². The van der Waals surface area contributed by atoms with E-state index in [1.165, 1.54) is 6.07 Å². The van der Waals surface area contributed by atoms with Crippen LogP contribution in [0.15, 0.2) is 17.0 Å². The second-order valence-electron chi connectivity index (χ2n) is 7.08. The molecule has 0 bridgehead atoms. The lowest BCUT2D eigenvalue weighted by Crippen LogP contribution is -2.38. The highest BCUT2D eigenvalue weighted by molar-refractivity contribution is 7.91. The molecule has 8 heteroatoms. The van der Waals surface area contributed by atoms with Gasteiger partial charge in [-0.15, -0.1) is 0 Å². The first-order valence-electron chi connectivity index (χ1n) is 8.84. The third-order valence-corrected chi connectivity index (χ3v) is 6.82. The van der Waals surface area contributed by atoms with Crippen LogP contribution in [-0.2, 0) is 19.4 Å². The molecule has 1 aromatic carbocycles. The number of likely N-dealkylation sites (tertiary alicyclic amines) is 1. The van der Waals surface area contributed by atoms with Crippen LogP contribution in [0.5, 0.6) is 5.75 Å². The quantitative estimate of drug-likeness (QED) is 0.859. The van der Waals surface area contributed by atoms with Crippen LogP contribution in [0.2, 0.25) is 0 Å². The first-order valence-corrected chi connectivity index (χ1v) is 10.5. The van der Waals surface area contributed by atoms with E-state index < -0.39 is 9.84 Å². The highest BCUT2D eigenvalue weighted by Crippen LogP contribution is 2.33. The Morgan fingerprint density at radius 1 is 1.31 bits per heavy atom. The molecule has 0 aromatic heterocycles. The summed E-state index contributed by atoms with van der Waals surface area (Å²) >= 11 is 0. The number of nitrogens with zero attached hydrogens (tertiary/aromatic N) is 1. The van der Waals surface area contributed by atoms with Crippen molar-refractivity contribution in [3.8, 4) is 5.75 Å². The normalized spacial score (nSPS) is 18.1. The lowest BCUT2D eigenvalue weighted by atomic mass is 9.99. The largest absolute Gasteiger partial charge is 0.482 e. The fraction of sp³-hybridized carbons (Fsp3) is 0.556. The standard InChI is InChI=1S/C18H24N2O5S/c1-12-3-6-20(7-4-12)18(22)5-8-26(23,24)16-10-15-14(9-13(16)2)19-17(21)11-25-15/h9-10,12H,3-8,11H2,1-2H3,(H,19,21). The molecule has 2 aliphatic rings. The molecule has 26 heavy (non-hydrogen) atoms. The maximum Gasteiger partial charge on any atom is 0.262 e. The molecule has 3 rings (SSSR count). The van der Waals surface area contributed by atoms with E-state index in [0.29, 0.717) is 36.0 Å². The number of carbonyl (C=O) groups excluding carboxylic acids is 2. The van der Waals surface area contributed by atoms with Crippen molar-refractivity contribution in [2.75, 3.05) is 30.8 Å². The van der Waals surface area contributed by atoms with E-state index in [2.05, 4.69) is 12.2 Å². The smallest absolute Gasteiger partial charge is 0.262 e. The van der Waals surface area contributed by atoms with Crippen LogP contribution < -0.4 is 10.1 Å². The lowest BCUT2D eigenvalue weighted by molar-refractivity contribution is -0.132. The Morgan fingerprint density at radius 3 is 2.69 bits per heavy atom. The molecule has 0 atom stereocenters. The molecule has 0 unspecified atom stereocenters. The van der Waals surface area contributed by atoms with Crippen molar-refractivity contribution in [1.82, 2.24) is 4.90 Å². The van der Waals surface area contributed by atoms with Crippen molar-refractivity contribution < 1.29 is 22.7 Å². The zero-order valence-electron chi connectivity index (χ0n) is 15.1. The van der Waals surface area contributed by atoms with Crippen molar-refractivity contribution in [2.24, 2.45) is 5.92 Å². The van der Waals surface area contributed by atoms with Crippen molar-refractivity contribution >= 4 is 27.3 Å². The first-order chi connectivity index (χ1) is 12.3. The molecular weight excluding hydrogens is 356 g/mol. The number of benzene rings is 1. The van der Waals surface area contributed by atoms with E-state index >= 15 is 0 Å². The Balaban J connectivity index is 1.70. The van der Waals surface area contributed by atoms with E-state index in [1.807, 2.05) is 0 Å². The Morgan fingerprint density at radius 2 is 2.00 bits per heavy atom. The number of carbonyl (C=O) groups is 2. The van der Waals surface area contributed by atoms with Gasteiger partial charge in [-0.1, -0.05) is 6.92 Å². The van der Waals surface area contributed by atoms with Crippen LogP contribution in [0.1, 0.15) is 31.7 Å². The number of ether oxygens (including phenoxy) is 1. The summed E-state index contributed by atoms with van der Waals surface area (Å²) in [6.07, 6.45) is 1.90. The van der Waals surface area contributed by atoms with Gasteiger partial charge in [-0.2, -0.15) is 0 Å². The molecule has 0 aliphatic carbocycles. The second-order valence-corrected chi connectivity index (χ2v) is 9.16. The zero-order valence-corrected chi connectivity index (χ0v) is 15.9. The average molecular weight is 380 g/mol. The summed E-state index contributed by atoms with van der Waals surface area (Å²) in [5.74, 6) is 0.337. The van der Waals surface area contributed by atoms with Gasteiger partial charge in [0.2, 0.25) is 5.91 Å². The minimum absolute atomic E-state index is 0.0230. The SMILES string of the molecule is Cc1cc2c(cc1S(=O)(=O)CCC(=O)N1CCC(C)CC1)OCC(=O)N2. The van der Waals surface area contributed by atoms with Gasteiger partial charge in [-0.05, 0) is 37.3 Å². The number of sulfone groups is 1. The fourth-order valence-electron chi connectivity index (χ4n) is 3.30. The molecule has 142 valence electrons. The van der Waals surface area contributed by atoms with Gasteiger partial charge in [0.25, 0.3) is 5.91 Å². The van der Waals surface area contributed by atoms with Crippen LogP contribution >= 0.6 is 0 Å². The highest BCUT2D eigenvalue weighted by atomic mass is 32.2. The topological polar surface area (TPSA) is 92.8 Å². The Labute approximate surface area is 153 Å². The van der Waals surface area contributed by atoms with Crippen LogP contribution in [-0.4, -0.2) is 50.6 Å². The third kappa shape index (κ3) is 4.00. The van der Waals surface area contributed by atoms with E-state index in [0.717, 1.165) is 12.8 Å². The number of hydrogen-bond donors (Lipinski definition) is 1. The third-order valence-electron chi connectivity index (χ3n) is 4.97. The summed E-state index contributed by atoms with van der Waals surface area (Å²) in [5.41, 5.74) is 0.991. The predicted molar refractivity (Wildman–Crippen MR) is 97.0 cm³/mol. The molecule has 7 nitrogen and oxygen atoms in total. The van der Waals surface area contributed by atoms with E-state index in [-0.39, 0.29) is 35.5 Å². The van der Waals surface area contributed by atoms with Gasteiger partial charge >= 0.3 is 0 Å². The Kier molecular flexibility index (Phi) is 5.22. The Bertz CT molecular complexity index is 826. The number of hydrogen-bond acceptors (Lipinski definition) is 5. The molecule has 1 fully saturated rings. The summed E-state index contributed by atoms with van der Waals surface area (Å²) in [5, 5.41) is 2.66. The molecule has 2 heterocycles. The summed E-state index contributed by atoms with van der Waals surface area (Å²) < 4.78 is 30.8. The maximum absolute atomic E-state index is 12.7. The predicted octanol–water partition coefficient (Wildman–Crippen LogP) is 1.75. The molecule has 0 saturated carbocycles. The van der Waals surface area contributed by atoms with Gasteiger partial charge in [-0.3, -0.25) is 9.59 Å². The van der Waals surface area contributed by atoms with Crippen molar-refractivity contribution in [1.29, 1.82) is 0 Å². The molecule has 1 N–H and O–H groups in total. The number of nitrogens with one attached hydrogen (secondary N) is 1. The number of amides is 2. The monoisotopic (exact) mass is 380 g/mol. The summed E-state index contributed by atoms with van der Waals surface area (Å²) in [4.78, 5) is 25.6. The van der Waals surface area contributed by atoms with E-state index in [4.69, 9.17) is 4.74 Å². The molecule has 0 radical (unpaired) electrons. The summed E-state index contributed by atoms with van der Waals surface area (Å²) in [7, 11) is -3.62. The molecule has 2 amide bonds. The van der Waals surface area contributed by atoms with E-state index in [9.17, 15) is 18.0 Å². The maximum atomic E-state index is 12.7. The number of fused-ring (bicyclic) bond motifs is 1. The highest BCUT2D eigenvalue weighted by Gasteiger charge is 2.26. The Hall–Kier alpha value is -2.09. The molecular formula is C18H24N2O5S. The second kappa shape index (κ2) is 7.26. The van der Waals surface area contributed by atoms with Crippen molar-refractivity contribution in [3.05, 3.63) is 17.7 Å². The van der Waals surface area contributed by atoms with Crippen LogP contribution in [0, 0.1) is 12.8 Å². The molecule has 1 aromatic rings. The van der Waals surface area contributed by atoms with Crippen LogP contribution in [0.4, 0.5) is 5.69 Å². The van der Waals surface area contributed by atoms with Crippen LogP contribution in [0.3, 0.4) is 0 Å². The minimum Gasteiger partial charge on any atom is -0.482 e. The van der Waals surface area contributed by atoms with Gasteiger partial charge in [0, 0.05) is 25.6 Å². The number of aryl methyl sites for hydroxylation is 1. The van der Waals surface area contributed by atoms with Gasteiger partial charge in [0.15, 0.2) is 16.4 Å². The molecule has 1 saturated heterocycles. The first kappa shape index (κ1) is 18.7. The number of rotatable bonds is 4. The minimum atomic E-state index is -3.62. The number of piperidine rings is 1. The fourth-order valence-corrected chi connectivity index (χ4v) is 4.80. The average Bonchev–Trinajstić information content (AvgIpc) is 2.59. The number of anilines is 1. The molecule has 0 spiro atoms. The summed E-state index contributed by atoms with van der Waals surface area (Å²) in [6, 6.07) is 3.03. The van der Waals surface area contributed by atoms with Crippen molar-refractivity contribution in [3.63, 3.8) is 0 Å². The van der Waals surface area contributed by atoms with Gasteiger partial charge in [-0.25, -0.2) is 8.42 Å².